The van der Waals surface area contributed by atoms with Crippen LogP contribution in [0.5, 0.6) is 0 Å². The number of nitrogens with one attached hydrogen (secondary N) is 1. The molecule has 0 bridgehead atoms. The maximum absolute atomic E-state index is 4.33. The van der Waals surface area contributed by atoms with E-state index in [0.29, 0.717) is 12.1 Å². The third-order valence-electron chi connectivity index (χ3n) is 3.53. The molecule has 3 heteroatoms. The number of nitrogens with zero attached hydrogens (tertiary/aromatic N) is 2. The zero-order valence-electron chi connectivity index (χ0n) is 10.2. The van der Waals surface area contributed by atoms with E-state index in [1.165, 1.54) is 25.7 Å². The van der Waals surface area contributed by atoms with Gasteiger partial charge in [-0.1, -0.05) is 6.92 Å². The molecule has 0 aliphatic heterocycles. The maximum Gasteiger partial charge on any atom is 0.0753 e. The van der Waals surface area contributed by atoms with Crippen molar-refractivity contribution in [1.82, 2.24) is 15.3 Å². The molecule has 1 atom stereocenters. The van der Waals surface area contributed by atoms with Crippen molar-refractivity contribution in [3.8, 4) is 0 Å². The molecule has 2 rings (SSSR count). The summed E-state index contributed by atoms with van der Waals surface area (Å²) in [5, 5.41) is 3.65. The molecule has 0 saturated heterocycles. The van der Waals surface area contributed by atoms with Crippen LogP contribution in [0.4, 0.5) is 0 Å². The number of hydrogen-bond acceptors (Lipinski definition) is 3. The molecular weight excluding hydrogens is 198 g/mol. The van der Waals surface area contributed by atoms with Gasteiger partial charge in [-0.25, -0.2) is 0 Å². The second kappa shape index (κ2) is 5.39. The molecule has 0 aromatic carbocycles. The summed E-state index contributed by atoms with van der Waals surface area (Å²) in [6.45, 7) is 4.52. The molecule has 1 aromatic heterocycles. The van der Waals surface area contributed by atoms with E-state index < -0.39 is 0 Å². The molecule has 1 fully saturated rings. The Morgan fingerprint density at radius 1 is 1.25 bits per heavy atom. The standard InChI is InChI=1S/C13H21N3/c1-10-3-5-12(6-4-10)16-11(2)13-9-14-7-8-15-13/h7-12,16H,3-6H2,1-2H3. The van der Waals surface area contributed by atoms with Crippen molar-refractivity contribution in [2.75, 3.05) is 0 Å². The van der Waals surface area contributed by atoms with E-state index in [0.717, 1.165) is 11.6 Å². The predicted molar refractivity (Wildman–Crippen MR) is 65.0 cm³/mol. The topological polar surface area (TPSA) is 37.8 Å². The van der Waals surface area contributed by atoms with Gasteiger partial charge in [0.2, 0.25) is 0 Å². The van der Waals surface area contributed by atoms with Crippen molar-refractivity contribution >= 4 is 0 Å². The van der Waals surface area contributed by atoms with Gasteiger partial charge in [0.05, 0.1) is 5.69 Å². The van der Waals surface area contributed by atoms with E-state index in [1.807, 2.05) is 6.20 Å². The molecule has 3 nitrogen and oxygen atoms in total. The third-order valence-corrected chi connectivity index (χ3v) is 3.53. The zero-order valence-corrected chi connectivity index (χ0v) is 10.2. The Balaban J connectivity index is 1.86. The monoisotopic (exact) mass is 219 g/mol. The molecule has 1 heterocycles. The first-order chi connectivity index (χ1) is 7.75. The first-order valence-corrected chi connectivity index (χ1v) is 6.27. The van der Waals surface area contributed by atoms with Gasteiger partial charge in [0, 0.05) is 30.7 Å². The zero-order chi connectivity index (χ0) is 11.4. The summed E-state index contributed by atoms with van der Waals surface area (Å²) in [5.74, 6) is 0.907. The van der Waals surface area contributed by atoms with Gasteiger partial charge in [0.15, 0.2) is 0 Å². The van der Waals surface area contributed by atoms with E-state index in [1.54, 1.807) is 12.4 Å². The molecule has 1 aliphatic carbocycles. The molecule has 16 heavy (non-hydrogen) atoms. The molecule has 0 amide bonds. The van der Waals surface area contributed by atoms with Gasteiger partial charge in [-0.3, -0.25) is 9.97 Å². The van der Waals surface area contributed by atoms with Gasteiger partial charge in [-0.05, 0) is 38.5 Å². The number of hydrogen-bond donors (Lipinski definition) is 1. The lowest BCUT2D eigenvalue weighted by Crippen LogP contribution is -2.34. The molecule has 0 spiro atoms. The molecule has 1 N–H and O–H groups in total. The van der Waals surface area contributed by atoms with Crippen LogP contribution in [0.15, 0.2) is 18.6 Å². The summed E-state index contributed by atoms with van der Waals surface area (Å²) >= 11 is 0. The summed E-state index contributed by atoms with van der Waals surface area (Å²) in [4.78, 5) is 8.44. The molecule has 1 saturated carbocycles. The van der Waals surface area contributed by atoms with Gasteiger partial charge in [0.1, 0.15) is 0 Å². The van der Waals surface area contributed by atoms with Gasteiger partial charge in [-0.2, -0.15) is 0 Å². The Morgan fingerprint density at radius 2 is 2.00 bits per heavy atom. The lowest BCUT2D eigenvalue weighted by molar-refractivity contribution is 0.290. The molecule has 88 valence electrons. The van der Waals surface area contributed by atoms with E-state index in [2.05, 4.69) is 29.1 Å². The SMILES string of the molecule is CC1CCC(NC(C)c2cnccn2)CC1. The third kappa shape index (κ3) is 3.01. The minimum Gasteiger partial charge on any atom is -0.306 e. The minimum atomic E-state index is 0.312. The Hall–Kier alpha value is -0.960. The fraction of sp³-hybridized carbons (Fsp3) is 0.692. The quantitative estimate of drug-likeness (QED) is 0.849. The summed E-state index contributed by atoms with van der Waals surface area (Å²) in [7, 11) is 0. The molecular formula is C13H21N3. The average Bonchev–Trinajstić information content (AvgIpc) is 2.33. The average molecular weight is 219 g/mol. The summed E-state index contributed by atoms with van der Waals surface area (Å²) in [5.41, 5.74) is 1.04. The Bertz CT molecular complexity index is 304. The van der Waals surface area contributed by atoms with E-state index in [9.17, 15) is 0 Å². The van der Waals surface area contributed by atoms with E-state index in [4.69, 9.17) is 0 Å². The van der Waals surface area contributed by atoms with Crippen LogP contribution in [0, 0.1) is 5.92 Å². The number of aromatic nitrogens is 2. The largest absolute Gasteiger partial charge is 0.306 e. The summed E-state index contributed by atoms with van der Waals surface area (Å²) < 4.78 is 0. The van der Waals surface area contributed by atoms with Crippen LogP contribution in [0.25, 0.3) is 0 Å². The second-order valence-corrected chi connectivity index (χ2v) is 4.98. The van der Waals surface area contributed by atoms with Crippen LogP contribution in [0.3, 0.4) is 0 Å². The van der Waals surface area contributed by atoms with Crippen LogP contribution in [0.1, 0.15) is 51.3 Å². The Kier molecular flexibility index (Phi) is 3.88. The highest BCUT2D eigenvalue weighted by Gasteiger charge is 2.20. The second-order valence-electron chi connectivity index (χ2n) is 4.98. The first kappa shape index (κ1) is 11.5. The fourth-order valence-electron chi connectivity index (χ4n) is 2.40. The minimum absolute atomic E-state index is 0.312. The fourth-order valence-corrected chi connectivity index (χ4v) is 2.40. The van der Waals surface area contributed by atoms with Crippen LogP contribution >= 0.6 is 0 Å². The van der Waals surface area contributed by atoms with Gasteiger partial charge in [-0.15, -0.1) is 0 Å². The predicted octanol–water partition coefficient (Wildman–Crippen LogP) is 2.71. The van der Waals surface area contributed by atoms with Crippen molar-refractivity contribution in [2.45, 2.75) is 51.6 Å². The van der Waals surface area contributed by atoms with Crippen molar-refractivity contribution < 1.29 is 0 Å². The Labute approximate surface area is 97.7 Å². The summed E-state index contributed by atoms with van der Waals surface area (Å²) in [6.07, 6.45) is 10.6. The van der Waals surface area contributed by atoms with Crippen molar-refractivity contribution in [1.29, 1.82) is 0 Å². The molecule has 1 aromatic rings. The van der Waals surface area contributed by atoms with E-state index in [-0.39, 0.29) is 0 Å². The lowest BCUT2D eigenvalue weighted by Gasteiger charge is -2.29. The normalized spacial score (nSPS) is 27.6. The van der Waals surface area contributed by atoms with Crippen molar-refractivity contribution in [2.24, 2.45) is 5.92 Å². The molecule has 1 aliphatic rings. The maximum atomic E-state index is 4.33. The molecule has 0 radical (unpaired) electrons. The van der Waals surface area contributed by atoms with Crippen LogP contribution in [-0.2, 0) is 0 Å². The number of rotatable bonds is 3. The van der Waals surface area contributed by atoms with Crippen molar-refractivity contribution in [3.05, 3.63) is 24.3 Å². The summed E-state index contributed by atoms with van der Waals surface area (Å²) in [6, 6.07) is 0.973. The van der Waals surface area contributed by atoms with Gasteiger partial charge in [0.25, 0.3) is 0 Å². The van der Waals surface area contributed by atoms with E-state index >= 15 is 0 Å². The van der Waals surface area contributed by atoms with Crippen LogP contribution in [0.2, 0.25) is 0 Å². The van der Waals surface area contributed by atoms with Crippen LogP contribution < -0.4 is 5.32 Å². The van der Waals surface area contributed by atoms with Gasteiger partial charge >= 0.3 is 0 Å². The first-order valence-electron chi connectivity index (χ1n) is 6.27. The lowest BCUT2D eigenvalue weighted by atomic mass is 9.87. The highest BCUT2D eigenvalue weighted by molar-refractivity contribution is 5.01. The Morgan fingerprint density at radius 3 is 2.62 bits per heavy atom. The highest BCUT2D eigenvalue weighted by atomic mass is 15.0. The smallest absolute Gasteiger partial charge is 0.0753 e. The molecule has 1 unspecified atom stereocenters. The van der Waals surface area contributed by atoms with Crippen LogP contribution in [-0.4, -0.2) is 16.0 Å². The van der Waals surface area contributed by atoms with Gasteiger partial charge < -0.3 is 5.32 Å². The highest BCUT2D eigenvalue weighted by Crippen LogP contribution is 2.25. The van der Waals surface area contributed by atoms with Crippen molar-refractivity contribution in [3.63, 3.8) is 0 Å².